The maximum Gasteiger partial charge on any atom is 0 e. The molecule has 0 amide bonds. The summed E-state index contributed by atoms with van der Waals surface area (Å²) < 4.78 is 0. The van der Waals surface area contributed by atoms with Crippen LogP contribution in [0, 0.1) is 13.8 Å². The summed E-state index contributed by atoms with van der Waals surface area (Å²) in [4.78, 5) is 9.33. The smallest absolute Gasteiger partial charge is 0 e. The summed E-state index contributed by atoms with van der Waals surface area (Å²) in [7, 11) is 0. The minimum Gasteiger partial charge on any atom is -0.346 e. The van der Waals surface area contributed by atoms with Gasteiger partial charge in [0.15, 0.2) is 0 Å². The molecule has 0 saturated carbocycles. The Kier molecular flexibility index (Phi) is 35.6. The molecule has 0 aromatic heterocycles. The number of hydrogen-bond acceptors (Lipinski definition) is 1. The van der Waals surface area contributed by atoms with Crippen molar-refractivity contribution >= 4 is 5.78 Å². The molecule has 0 aromatic carbocycles. The van der Waals surface area contributed by atoms with Crippen LogP contribution in [0.1, 0.15) is 13.8 Å². The van der Waals surface area contributed by atoms with Gasteiger partial charge in [0.05, 0.1) is 0 Å². The second kappa shape index (κ2) is 15.9. The maximum atomic E-state index is 9.33. The third kappa shape index (κ3) is 346. The van der Waals surface area contributed by atoms with Crippen LogP contribution >= 0.6 is 0 Å². The minimum atomic E-state index is -0.0833. The summed E-state index contributed by atoms with van der Waals surface area (Å²) in [5.74, 6) is -0.0833. The SMILES string of the molecule is [CH2-]C.[CH2-]C(C)=O.[Y]. The largest absolute Gasteiger partial charge is 0.346 e. The molecule has 0 aliphatic rings. The standard InChI is InChI=1S/C3H5O.C2H5.Y/c1-3(2)4;1-2;/h1H2,2H3;1H2,2H3;/q2*-1;. The van der Waals surface area contributed by atoms with E-state index in [4.69, 9.17) is 0 Å². The Morgan fingerprint density at radius 1 is 1.43 bits per heavy atom. The quantitative estimate of drug-likeness (QED) is 0.506. The van der Waals surface area contributed by atoms with Crippen LogP contribution in [0.3, 0.4) is 0 Å². The molecule has 0 aliphatic carbocycles. The van der Waals surface area contributed by atoms with E-state index in [1.54, 1.807) is 6.92 Å². The third-order valence-electron chi connectivity index (χ3n) is 0. The second-order valence-electron chi connectivity index (χ2n) is 0.702. The second-order valence-corrected chi connectivity index (χ2v) is 0.702. The summed E-state index contributed by atoms with van der Waals surface area (Å²) in [5, 5.41) is 0. The summed E-state index contributed by atoms with van der Waals surface area (Å²) in [6.07, 6.45) is 0. The number of Topliss-reactive ketones (excluding diaryl/α,β-unsaturated/α-hetero) is 1. The number of rotatable bonds is 0. The summed E-state index contributed by atoms with van der Waals surface area (Å²) in [6, 6.07) is 0. The molecule has 0 spiro atoms. The van der Waals surface area contributed by atoms with Gasteiger partial charge in [-0.3, -0.25) is 0 Å². The zero-order valence-electron chi connectivity index (χ0n) is 4.90. The first-order chi connectivity index (χ1) is 2.73. The van der Waals surface area contributed by atoms with Crippen molar-refractivity contribution in [3.8, 4) is 0 Å². The van der Waals surface area contributed by atoms with Gasteiger partial charge in [0, 0.05) is 32.7 Å². The first-order valence-corrected chi connectivity index (χ1v) is 1.76. The molecule has 0 heterocycles. The number of carbonyl (C=O) groups is 1. The Morgan fingerprint density at radius 3 is 1.43 bits per heavy atom. The van der Waals surface area contributed by atoms with Crippen molar-refractivity contribution < 1.29 is 37.5 Å². The predicted molar refractivity (Wildman–Crippen MR) is 27.1 cm³/mol. The average Bonchev–Trinajstić information content (AvgIpc) is 1.41. The van der Waals surface area contributed by atoms with E-state index >= 15 is 0 Å². The molecule has 41 valence electrons. The Morgan fingerprint density at radius 2 is 1.43 bits per heavy atom. The van der Waals surface area contributed by atoms with Crippen molar-refractivity contribution in [1.82, 2.24) is 0 Å². The Labute approximate surface area is 70.8 Å². The van der Waals surface area contributed by atoms with Crippen molar-refractivity contribution in [2.24, 2.45) is 0 Å². The van der Waals surface area contributed by atoms with Gasteiger partial charge in [0.1, 0.15) is 0 Å². The maximum absolute atomic E-state index is 9.33. The molecule has 0 saturated heterocycles. The van der Waals surface area contributed by atoms with Gasteiger partial charge in [-0.2, -0.15) is 6.92 Å². The van der Waals surface area contributed by atoms with Crippen molar-refractivity contribution in [3.05, 3.63) is 13.8 Å². The number of ketones is 1. The first kappa shape index (κ1) is 15.6. The van der Waals surface area contributed by atoms with E-state index in [0.29, 0.717) is 0 Å². The van der Waals surface area contributed by atoms with E-state index in [1.165, 1.54) is 6.92 Å². The van der Waals surface area contributed by atoms with Crippen molar-refractivity contribution in [2.75, 3.05) is 0 Å². The van der Waals surface area contributed by atoms with Gasteiger partial charge in [-0.25, -0.2) is 0 Å². The monoisotopic (exact) mass is 175 g/mol. The summed E-state index contributed by atoms with van der Waals surface area (Å²) in [5.41, 5.74) is 0. The molecule has 0 aliphatic heterocycles. The van der Waals surface area contributed by atoms with E-state index in [-0.39, 0.29) is 38.5 Å². The topological polar surface area (TPSA) is 17.1 Å². The third-order valence-corrected chi connectivity index (χ3v) is 0. The van der Waals surface area contributed by atoms with E-state index in [1.807, 2.05) is 0 Å². The number of carbonyl (C=O) groups excluding carboxylic acids is 1. The van der Waals surface area contributed by atoms with Gasteiger partial charge >= 0.3 is 0 Å². The van der Waals surface area contributed by atoms with Crippen molar-refractivity contribution in [3.63, 3.8) is 0 Å². The molecule has 7 heavy (non-hydrogen) atoms. The van der Waals surface area contributed by atoms with Gasteiger partial charge in [0.25, 0.3) is 0 Å². The molecule has 0 bridgehead atoms. The Balaban J connectivity index is -0.0000000480. The van der Waals surface area contributed by atoms with Crippen LogP contribution in [-0.4, -0.2) is 5.78 Å². The molecular weight excluding hydrogens is 165 g/mol. The van der Waals surface area contributed by atoms with Crippen LogP contribution < -0.4 is 0 Å². The summed E-state index contributed by atoms with van der Waals surface area (Å²) in [6.45, 7) is 9.42. The van der Waals surface area contributed by atoms with Crippen LogP contribution in [-0.2, 0) is 37.5 Å². The Hall–Kier alpha value is 0.644. The number of hydrogen-bond donors (Lipinski definition) is 0. The van der Waals surface area contributed by atoms with Crippen LogP contribution in [0.15, 0.2) is 0 Å². The Bertz CT molecular complexity index is 31.1. The fourth-order valence-corrected chi connectivity index (χ4v) is 0. The normalized spacial score (nSPS) is 4.43. The molecule has 1 radical (unpaired) electrons. The summed E-state index contributed by atoms with van der Waals surface area (Å²) >= 11 is 0. The van der Waals surface area contributed by atoms with E-state index in [0.717, 1.165) is 0 Å². The van der Waals surface area contributed by atoms with Gasteiger partial charge in [-0.15, -0.1) is 0 Å². The molecule has 0 atom stereocenters. The fraction of sp³-hybridized carbons (Fsp3) is 0.400. The van der Waals surface area contributed by atoms with Crippen LogP contribution in [0.2, 0.25) is 0 Å². The van der Waals surface area contributed by atoms with Gasteiger partial charge in [0.2, 0.25) is 0 Å². The van der Waals surface area contributed by atoms with Crippen molar-refractivity contribution in [2.45, 2.75) is 13.8 Å². The molecule has 0 fully saturated rings. The van der Waals surface area contributed by atoms with Crippen LogP contribution in [0.25, 0.3) is 0 Å². The fourth-order valence-electron chi connectivity index (χ4n) is 0. The van der Waals surface area contributed by atoms with Gasteiger partial charge < -0.3 is 18.6 Å². The van der Waals surface area contributed by atoms with E-state index < -0.39 is 0 Å². The predicted octanol–water partition coefficient (Wildman–Crippen LogP) is 1.25. The van der Waals surface area contributed by atoms with Crippen LogP contribution in [0.5, 0.6) is 0 Å². The molecule has 2 heteroatoms. The molecular formula is C5H10OY-2. The molecule has 0 aromatic rings. The van der Waals surface area contributed by atoms with Crippen molar-refractivity contribution in [1.29, 1.82) is 0 Å². The van der Waals surface area contributed by atoms with E-state index in [9.17, 15) is 4.79 Å². The zero-order valence-corrected chi connectivity index (χ0v) is 7.74. The van der Waals surface area contributed by atoms with E-state index in [2.05, 4.69) is 13.8 Å². The van der Waals surface area contributed by atoms with Gasteiger partial charge in [-0.05, 0) is 12.7 Å². The molecule has 1 nitrogen and oxygen atoms in total. The van der Waals surface area contributed by atoms with Crippen LogP contribution in [0.4, 0.5) is 0 Å². The zero-order chi connectivity index (χ0) is 5.58. The minimum absolute atomic E-state index is 0. The molecule has 0 rings (SSSR count). The van der Waals surface area contributed by atoms with Gasteiger partial charge in [-0.1, -0.05) is 0 Å². The average molecular weight is 175 g/mol. The first-order valence-electron chi connectivity index (χ1n) is 1.76. The molecule has 0 unspecified atom stereocenters. The molecule has 0 N–H and O–H groups in total.